The average molecular weight is 254 g/mol. The number of phenolic OH excluding ortho intramolecular Hbond substituents is 1. The van der Waals surface area contributed by atoms with E-state index in [1.165, 1.54) is 10.5 Å². The van der Waals surface area contributed by atoms with Gasteiger partial charge in [-0.25, -0.2) is 9.78 Å². The molecule has 5 heteroatoms. The number of aromatic nitrogens is 2. The Morgan fingerprint density at radius 3 is 2.58 bits per heavy atom. The Balaban J connectivity index is 2.38. The zero-order valence-corrected chi connectivity index (χ0v) is 9.82. The topological polar surface area (TPSA) is 74.8 Å². The van der Waals surface area contributed by atoms with Crippen LogP contribution in [-0.4, -0.2) is 25.6 Å². The van der Waals surface area contributed by atoms with Crippen LogP contribution in [0, 0.1) is 0 Å². The van der Waals surface area contributed by atoms with Crippen molar-refractivity contribution in [2.75, 3.05) is 0 Å². The highest BCUT2D eigenvalue weighted by Gasteiger charge is 2.21. The van der Waals surface area contributed by atoms with E-state index in [-0.39, 0.29) is 17.1 Å². The number of carboxylic acids is 1. The summed E-state index contributed by atoms with van der Waals surface area (Å²) in [6.07, 6.45) is 1.63. The Morgan fingerprint density at radius 2 is 1.84 bits per heavy atom. The minimum absolute atomic E-state index is 0.00778. The smallest absolute Gasteiger partial charge is 0.355 e. The van der Waals surface area contributed by atoms with E-state index in [1.54, 1.807) is 42.6 Å². The van der Waals surface area contributed by atoms with Gasteiger partial charge in [0.2, 0.25) is 0 Å². The van der Waals surface area contributed by atoms with Crippen LogP contribution in [0.25, 0.3) is 16.9 Å². The molecule has 3 rings (SSSR count). The van der Waals surface area contributed by atoms with Crippen LogP contribution in [0.5, 0.6) is 5.75 Å². The molecule has 0 amide bonds. The maximum atomic E-state index is 11.4. The molecule has 94 valence electrons. The number of para-hydroxylation sites is 1. The number of aromatic carboxylic acids is 1. The number of hydrogen-bond donors (Lipinski definition) is 2. The maximum absolute atomic E-state index is 11.4. The molecule has 1 aromatic carbocycles. The van der Waals surface area contributed by atoms with Crippen LogP contribution in [0.2, 0.25) is 0 Å². The summed E-state index contributed by atoms with van der Waals surface area (Å²) in [7, 11) is 0. The number of carbonyl (C=O) groups is 1. The number of pyridine rings is 1. The third-order valence-corrected chi connectivity index (χ3v) is 2.89. The predicted octanol–water partition coefficient (Wildman–Crippen LogP) is 2.41. The SMILES string of the molecule is O=C(O)c1c(-c2ccccc2O)nc2ccccn12. The lowest BCUT2D eigenvalue weighted by molar-refractivity contribution is 0.0690. The molecule has 0 atom stereocenters. The number of imidazole rings is 1. The summed E-state index contributed by atoms with van der Waals surface area (Å²) >= 11 is 0. The van der Waals surface area contributed by atoms with Gasteiger partial charge in [0, 0.05) is 11.8 Å². The molecule has 2 heterocycles. The van der Waals surface area contributed by atoms with Crippen molar-refractivity contribution in [3.8, 4) is 17.0 Å². The lowest BCUT2D eigenvalue weighted by atomic mass is 10.1. The van der Waals surface area contributed by atoms with E-state index in [0.717, 1.165) is 0 Å². The lowest BCUT2D eigenvalue weighted by Gasteiger charge is -2.02. The summed E-state index contributed by atoms with van der Waals surface area (Å²) in [6.45, 7) is 0. The Labute approximate surface area is 108 Å². The predicted molar refractivity (Wildman–Crippen MR) is 69.3 cm³/mol. The van der Waals surface area contributed by atoms with Crippen molar-refractivity contribution in [2.24, 2.45) is 0 Å². The first-order valence-corrected chi connectivity index (χ1v) is 5.67. The fourth-order valence-corrected chi connectivity index (χ4v) is 2.06. The van der Waals surface area contributed by atoms with Gasteiger partial charge < -0.3 is 10.2 Å². The Hall–Kier alpha value is -2.82. The standard InChI is InChI=1S/C14H10N2O3/c17-10-6-2-1-5-9(10)12-13(14(18)19)16-8-4-3-7-11(16)15-12/h1-8,17H,(H,18,19). The molecule has 0 unspecified atom stereocenters. The van der Waals surface area contributed by atoms with E-state index in [2.05, 4.69) is 4.98 Å². The summed E-state index contributed by atoms with van der Waals surface area (Å²) < 4.78 is 1.49. The van der Waals surface area contributed by atoms with Gasteiger partial charge in [-0.1, -0.05) is 18.2 Å². The first kappa shape index (κ1) is 11.3. The molecule has 0 aliphatic carbocycles. The van der Waals surface area contributed by atoms with Gasteiger partial charge in [0.05, 0.1) is 0 Å². The average Bonchev–Trinajstić information content (AvgIpc) is 2.78. The highest BCUT2D eigenvalue weighted by atomic mass is 16.4. The van der Waals surface area contributed by atoms with Gasteiger partial charge in [0.15, 0.2) is 5.69 Å². The quantitative estimate of drug-likeness (QED) is 0.736. The number of benzene rings is 1. The van der Waals surface area contributed by atoms with Crippen molar-refractivity contribution in [3.05, 3.63) is 54.4 Å². The van der Waals surface area contributed by atoms with E-state index >= 15 is 0 Å². The van der Waals surface area contributed by atoms with E-state index in [1.807, 2.05) is 0 Å². The van der Waals surface area contributed by atoms with E-state index < -0.39 is 5.97 Å². The molecule has 0 aliphatic heterocycles. The van der Waals surface area contributed by atoms with E-state index in [0.29, 0.717) is 11.2 Å². The second kappa shape index (κ2) is 4.13. The fraction of sp³-hybridized carbons (Fsp3) is 0. The first-order chi connectivity index (χ1) is 9.18. The minimum Gasteiger partial charge on any atom is -0.507 e. The molecule has 5 nitrogen and oxygen atoms in total. The Bertz CT molecular complexity index is 777. The summed E-state index contributed by atoms with van der Waals surface area (Å²) in [5.41, 5.74) is 1.23. The molecule has 2 aromatic heterocycles. The van der Waals surface area contributed by atoms with Gasteiger partial charge in [0.25, 0.3) is 0 Å². The molecule has 0 saturated heterocycles. The van der Waals surface area contributed by atoms with Crippen LogP contribution in [0.3, 0.4) is 0 Å². The van der Waals surface area contributed by atoms with Crippen molar-refractivity contribution >= 4 is 11.6 Å². The highest BCUT2D eigenvalue weighted by Crippen LogP contribution is 2.31. The van der Waals surface area contributed by atoms with Crippen LogP contribution in [0.4, 0.5) is 0 Å². The maximum Gasteiger partial charge on any atom is 0.355 e. The summed E-state index contributed by atoms with van der Waals surface area (Å²) in [5.74, 6) is -1.08. The number of carboxylic acid groups (broad SMARTS) is 1. The van der Waals surface area contributed by atoms with Crippen molar-refractivity contribution in [1.29, 1.82) is 0 Å². The van der Waals surface area contributed by atoms with Gasteiger partial charge in [-0.3, -0.25) is 4.40 Å². The van der Waals surface area contributed by atoms with E-state index in [9.17, 15) is 15.0 Å². The van der Waals surface area contributed by atoms with Crippen molar-refractivity contribution in [3.63, 3.8) is 0 Å². The molecule has 0 bridgehead atoms. The molecule has 2 N–H and O–H groups in total. The van der Waals surface area contributed by atoms with Gasteiger partial charge in [-0.15, -0.1) is 0 Å². The normalized spacial score (nSPS) is 10.7. The van der Waals surface area contributed by atoms with Gasteiger partial charge in [-0.05, 0) is 24.3 Å². The second-order valence-electron chi connectivity index (χ2n) is 4.06. The van der Waals surface area contributed by atoms with Crippen LogP contribution in [0.15, 0.2) is 48.7 Å². The molecule has 0 spiro atoms. The summed E-state index contributed by atoms with van der Waals surface area (Å²) in [6, 6.07) is 11.8. The number of hydrogen-bond acceptors (Lipinski definition) is 3. The molecular formula is C14H10N2O3. The number of nitrogens with zero attached hydrogens (tertiary/aromatic N) is 2. The first-order valence-electron chi connectivity index (χ1n) is 5.67. The van der Waals surface area contributed by atoms with Crippen LogP contribution >= 0.6 is 0 Å². The van der Waals surface area contributed by atoms with Gasteiger partial charge >= 0.3 is 5.97 Å². The second-order valence-corrected chi connectivity index (χ2v) is 4.06. The van der Waals surface area contributed by atoms with Gasteiger partial charge in [0.1, 0.15) is 17.1 Å². The molecule has 0 radical (unpaired) electrons. The van der Waals surface area contributed by atoms with E-state index in [4.69, 9.17) is 0 Å². The third kappa shape index (κ3) is 1.72. The number of phenols is 1. The minimum atomic E-state index is -1.09. The summed E-state index contributed by atoms with van der Waals surface area (Å²) in [5, 5.41) is 19.2. The van der Waals surface area contributed by atoms with Crippen molar-refractivity contribution < 1.29 is 15.0 Å². The third-order valence-electron chi connectivity index (χ3n) is 2.89. The molecule has 3 aromatic rings. The number of aromatic hydroxyl groups is 1. The van der Waals surface area contributed by atoms with Crippen molar-refractivity contribution in [1.82, 2.24) is 9.38 Å². The van der Waals surface area contributed by atoms with Crippen LogP contribution in [-0.2, 0) is 0 Å². The zero-order chi connectivity index (χ0) is 13.4. The molecule has 0 fully saturated rings. The molecular weight excluding hydrogens is 244 g/mol. The fourth-order valence-electron chi connectivity index (χ4n) is 2.06. The Morgan fingerprint density at radius 1 is 1.11 bits per heavy atom. The van der Waals surface area contributed by atoms with Gasteiger partial charge in [-0.2, -0.15) is 0 Å². The number of fused-ring (bicyclic) bond motifs is 1. The molecule has 0 saturated carbocycles. The largest absolute Gasteiger partial charge is 0.507 e. The highest BCUT2D eigenvalue weighted by molar-refractivity contribution is 5.95. The monoisotopic (exact) mass is 254 g/mol. The molecule has 0 aliphatic rings. The number of rotatable bonds is 2. The lowest BCUT2D eigenvalue weighted by Crippen LogP contribution is -2.03. The van der Waals surface area contributed by atoms with Crippen LogP contribution < -0.4 is 0 Å². The zero-order valence-electron chi connectivity index (χ0n) is 9.82. The summed E-state index contributed by atoms with van der Waals surface area (Å²) in [4.78, 5) is 15.7. The van der Waals surface area contributed by atoms with Crippen molar-refractivity contribution in [2.45, 2.75) is 0 Å². The Kier molecular flexibility index (Phi) is 2.45. The van der Waals surface area contributed by atoms with Crippen LogP contribution in [0.1, 0.15) is 10.5 Å². The molecule has 19 heavy (non-hydrogen) atoms.